The van der Waals surface area contributed by atoms with Gasteiger partial charge in [-0.25, -0.2) is 0 Å². The number of hydrogen-bond acceptors (Lipinski definition) is 4. The van der Waals surface area contributed by atoms with Crippen molar-refractivity contribution in [3.05, 3.63) is 0 Å². The summed E-state index contributed by atoms with van der Waals surface area (Å²) >= 11 is 1.48. The van der Waals surface area contributed by atoms with Gasteiger partial charge >= 0.3 is 5.97 Å². The van der Waals surface area contributed by atoms with Crippen LogP contribution in [0.2, 0.25) is 0 Å². The number of aliphatic carboxylic acids is 1. The summed E-state index contributed by atoms with van der Waals surface area (Å²) in [5.41, 5.74) is 0. The van der Waals surface area contributed by atoms with Crippen molar-refractivity contribution >= 4 is 29.5 Å². The highest BCUT2D eigenvalue weighted by Gasteiger charge is 2.22. The van der Waals surface area contributed by atoms with E-state index in [1.807, 2.05) is 0 Å². The average Bonchev–Trinajstić information content (AvgIpc) is 2.64. The highest BCUT2D eigenvalue weighted by Crippen LogP contribution is 2.13. The summed E-state index contributed by atoms with van der Waals surface area (Å²) in [6.07, 6.45) is 0.393. The molecule has 0 aromatic rings. The molecule has 1 rings (SSSR count). The lowest BCUT2D eigenvalue weighted by atomic mass is 10.1. The van der Waals surface area contributed by atoms with Crippen molar-refractivity contribution < 1.29 is 19.5 Å². The van der Waals surface area contributed by atoms with E-state index in [1.165, 1.54) is 16.7 Å². The van der Waals surface area contributed by atoms with Crippen LogP contribution in [0.3, 0.4) is 0 Å². The van der Waals surface area contributed by atoms with E-state index in [9.17, 15) is 14.4 Å². The van der Waals surface area contributed by atoms with Crippen molar-refractivity contribution in [2.24, 2.45) is 5.92 Å². The number of carbonyl (C=O) groups excluding carboxylic acids is 2. The Morgan fingerprint density at radius 1 is 1.59 bits per heavy atom. The predicted molar refractivity (Wildman–Crippen MR) is 63.5 cm³/mol. The molecule has 1 atom stereocenters. The fourth-order valence-electron chi connectivity index (χ4n) is 1.32. The first-order chi connectivity index (χ1) is 8.00. The Morgan fingerprint density at radius 2 is 2.29 bits per heavy atom. The summed E-state index contributed by atoms with van der Waals surface area (Å²) in [5.74, 6) is -0.617. The van der Waals surface area contributed by atoms with Crippen LogP contribution in [0.4, 0.5) is 0 Å². The molecule has 0 aliphatic carbocycles. The smallest absolute Gasteiger partial charge is 0.306 e. The Hall–Kier alpha value is -1.24. The molecule has 1 aliphatic heterocycles. The second-order valence-corrected chi connectivity index (χ2v) is 4.90. The third-order valence-electron chi connectivity index (χ3n) is 2.48. The van der Waals surface area contributed by atoms with Crippen LogP contribution < -0.4 is 5.32 Å². The lowest BCUT2D eigenvalue weighted by Gasteiger charge is -2.14. The van der Waals surface area contributed by atoms with Gasteiger partial charge in [-0.15, -0.1) is 11.8 Å². The summed E-state index contributed by atoms with van der Waals surface area (Å²) in [6.45, 7) is 1.98. The van der Waals surface area contributed by atoms with E-state index in [0.29, 0.717) is 24.6 Å². The number of carboxylic acids is 1. The van der Waals surface area contributed by atoms with Crippen LogP contribution in [0, 0.1) is 5.92 Å². The zero-order valence-corrected chi connectivity index (χ0v) is 10.5. The summed E-state index contributed by atoms with van der Waals surface area (Å²) in [7, 11) is 0. The minimum Gasteiger partial charge on any atom is -0.481 e. The number of rotatable bonds is 6. The molecule has 0 saturated carbocycles. The largest absolute Gasteiger partial charge is 0.481 e. The molecule has 0 aromatic carbocycles. The van der Waals surface area contributed by atoms with Gasteiger partial charge in [-0.05, 0) is 6.42 Å². The van der Waals surface area contributed by atoms with E-state index in [-0.39, 0.29) is 18.4 Å². The number of carbonyl (C=O) groups is 3. The van der Waals surface area contributed by atoms with Crippen molar-refractivity contribution in [2.75, 3.05) is 24.7 Å². The van der Waals surface area contributed by atoms with Crippen LogP contribution in [-0.2, 0) is 14.4 Å². The Bertz CT molecular complexity index is 321. The van der Waals surface area contributed by atoms with Gasteiger partial charge in [0, 0.05) is 6.54 Å². The van der Waals surface area contributed by atoms with Gasteiger partial charge in [0.05, 0.1) is 17.5 Å². The first-order valence-electron chi connectivity index (χ1n) is 5.35. The van der Waals surface area contributed by atoms with E-state index in [0.717, 1.165) is 0 Å². The van der Waals surface area contributed by atoms with Crippen LogP contribution >= 0.6 is 11.8 Å². The molecule has 1 unspecified atom stereocenters. The van der Waals surface area contributed by atoms with Crippen LogP contribution in [0.1, 0.15) is 13.3 Å². The molecule has 0 radical (unpaired) electrons. The number of nitrogens with zero attached hydrogens (tertiary/aromatic N) is 1. The van der Waals surface area contributed by atoms with E-state index >= 15 is 0 Å². The number of nitrogens with one attached hydrogen (secondary N) is 1. The minimum atomic E-state index is -0.870. The van der Waals surface area contributed by atoms with Crippen LogP contribution in [0.5, 0.6) is 0 Å². The van der Waals surface area contributed by atoms with Crippen molar-refractivity contribution in [1.29, 1.82) is 0 Å². The van der Waals surface area contributed by atoms with E-state index in [2.05, 4.69) is 5.32 Å². The van der Waals surface area contributed by atoms with Crippen molar-refractivity contribution in [3.8, 4) is 0 Å². The number of hydrogen-bond donors (Lipinski definition) is 2. The van der Waals surface area contributed by atoms with Crippen LogP contribution in [0.15, 0.2) is 0 Å². The lowest BCUT2D eigenvalue weighted by Crippen LogP contribution is -2.38. The fourth-order valence-corrected chi connectivity index (χ4v) is 2.23. The topological polar surface area (TPSA) is 86.7 Å². The number of thioether (sulfide) groups is 1. The van der Waals surface area contributed by atoms with E-state index in [4.69, 9.17) is 5.11 Å². The molecule has 0 aromatic heterocycles. The van der Waals surface area contributed by atoms with Crippen molar-refractivity contribution in [1.82, 2.24) is 10.2 Å². The van der Waals surface area contributed by atoms with Crippen LogP contribution in [-0.4, -0.2) is 52.5 Å². The molecule has 6 nitrogen and oxygen atoms in total. The first-order valence-corrected chi connectivity index (χ1v) is 6.51. The van der Waals surface area contributed by atoms with Gasteiger partial charge in [0.1, 0.15) is 6.54 Å². The molecule has 96 valence electrons. The minimum absolute atomic E-state index is 0.0240. The molecule has 0 spiro atoms. The zero-order chi connectivity index (χ0) is 12.8. The molecule has 1 saturated heterocycles. The van der Waals surface area contributed by atoms with Gasteiger partial charge in [0.15, 0.2) is 0 Å². The zero-order valence-electron chi connectivity index (χ0n) is 9.64. The maximum Gasteiger partial charge on any atom is 0.306 e. The third-order valence-corrected chi connectivity index (χ3v) is 3.43. The third kappa shape index (κ3) is 4.64. The molecule has 7 heteroatoms. The van der Waals surface area contributed by atoms with Crippen LogP contribution in [0.25, 0.3) is 0 Å². The fraction of sp³-hybridized carbons (Fsp3) is 0.700. The molecule has 0 bridgehead atoms. The molecule has 2 N–H and O–H groups in total. The van der Waals surface area contributed by atoms with E-state index in [1.54, 1.807) is 6.92 Å². The molecular weight excluding hydrogens is 244 g/mol. The standard InChI is InChI=1S/C10H16N2O4S/c1-7(10(15)16)2-3-11-8(13)4-12-6-17-5-9(12)14/h7H,2-6H2,1H3,(H,11,13)(H,15,16). The Kier molecular flexibility index (Phi) is 5.27. The molecular formula is C10H16N2O4S. The van der Waals surface area contributed by atoms with E-state index < -0.39 is 11.9 Å². The highest BCUT2D eigenvalue weighted by molar-refractivity contribution is 8.00. The quantitative estimate of drug-likeness (QED) is 0.687. The SMILES string of the molecule is CC(CCNC(=O)CN1CSCC1=O)C(=O)O. The second kappa shape index (κ2) is 6.48. The second-order valence-electron chi connectivity index (χ2n) is 3.95. The molecule has 1 fully saturated rings. The Balaban J connectivity index is 2.17. The lowest BCUT2D eigenvalue weighted by molar-refractivity contribution is -0.141. The monoisotopic (exact) mass is 260 g/mol. The summed E-state index contributed by atoms with van der Waals surface area (Å²) in [4.78, 5) is 34.7. The number of amides is 2. The highest BCUT2D eigenvalue weighted by atomic mass is 32.2. The van der Waals surface area contributed by atoms with Gasteiger partial charge < -0.3 is 15.3 Å². The van der Waals surface area contributed by atoms with Gasteiger partial charge in [-0.2, -0.15) is 0 Å². The van der Waals surface area contributed by atoms with Gasteiger partial charge in [-0.1, -0.05) is 6.92 Å². The number of carboxylic acid groups (broad SMARTS) is 1. The maximum atomic E-state index is 11.4. The molecule has 1 heterocycles. The summed E-state index contributed by atoms with van der Waals surface area (Å²) in [6, 6.07) is 0. The average molecular weight is 260 g/mol. The van der Waals surface area contributed by atoms with Gasteiger partial charge in [0.2, 0.25) is 11.8 Å². The van der Waals surface area contributed by atoms with Gasteiger partial charge in [0.25, 0.3) is 0 Å². The van der Waals surface area contributed by atoms with Gasteiger partial charge in [-0.3, -0.25) is 14.4 Å². The Morgan fingerprint density at radius 3 is 2.82 bits per heavy atom. The normalized spacial score (nSPS) is 17.0. The Labute approximate surface area is 104 Å². The molecule has 2 amide bonds. The molecule has 17 heavy (non-hydrogen) atoms. The molecule has 1 aliphatic rings. The predicted octanol–water partition coefficient (Wildman–Crippen LogP) is -0.254. The summed E-state index contributed by atoms with van der Waals surface area (Å²) < 4.78 is 0. The maximum absolute atomic E-state index is 11.4. The first kappa shape index (κ1) is 13.8. The summed E-state index contributed by atoms with van der Waals surface area (Å²) in [5, 5.41) is 11.3. The van der Waals surface area contributed by atoms with Crippen molar-refractivity contribution in [3.63, 3.8) is 0 Å². The van der Waals surface area contributed by atoms with Crippen molar-refractivity contribution in [2.45, 2.75) is 13.3 Å².